The molecule has 0 aliphatic carbocycles. The van der Waals surface area contributed by atoms with Crippen molar-refractivity contribution in [1.82, 2.24) is 9.61 Å². The predicted molar refractivity (Wildman–Crippen MR) is 56.3 cm³/mol. The Kier molecular flexibility index (Phi) is 2.36. The first kappa shape index (κ1) is 9.98. The van der Waals surface area contributed by atoms with Crippen LogP contribution in [0, 0.1) is 6.92 Å². The third-order valence-electron chi connectivity index (χ3n) is 2.09. The van der Waals surface area contributed by atoms with Crippen LogP contribution < -0.4 is 0 Å². The number of ether oxygens (including phenoxy) is 1. The van der Waals surface area contributed by atoms with Crippen molar-refractivity contribution in [1.29, 1.82) is 0 Å². The molecule has 0 atom stereocenters. The molecule has 0 fully saturated rings. The van der Waals surface area contributed by atoms with Gasteiger partial charge in [-0.15, -0.1) is 0 Å². The largest absolute Gasteiger partial charge is 0.464 e. The van der Waals surface area contributed by atoms with E-state index in [1.807, 2.05) is 6.92 Å². The van der Waals surface area contributed by atoms with Gasteiger partial charge in [0.15, 0.2) is 5.69 Å². The molecule has 0 saturated heterocycles. The minimum Gasteiger partial charge on any atom is -0.464 e. The molecule has 2 aromatic heterocycles. The van der Waals surface area contributed by atoms with Crippen molar-refractivity contribution in [3.8, 4) is 0 Å². The number of carbonyl (C=O) groups excluding carboxylic acids is 1. The molecule has 4 nitrogen and oxygen atoms in total. The van der Waals surface area contributed by atoms with Crippen LogP contribution in [0.15, 0.2) is 18.2 Å². The van der Waals surface area contributed by atoms with Crippen LogP contribution in [0.4, 0.5) is 0 Å². The maximum Gasteiger partial charge on any atom is 0.356 e. The topological polar surface area (TPSA) is 43.6 Å². The van der Waals surface area contributed by atoms with Gasteiger partial charge >= 0.3 is 5.97 Å². The second-order valence-electron chi connectivity index (χ2n) is 3.14. The van der Waals surface area contributed by atoms with Crippen molar-refractivity contribution in [3.63, 3.8) is 0 Å². The van der Waals surface area contributed by atoms with Crippen LogP contribution in [0.25, 0.3) is 5.52 Å². The zero-order valence-electron chi connectivity index (χ0n) is 8.32. The highest BCUT2D eigenvalue weighted by molar-refractivity contribution is 6.33. The molecule has 0 spiro atoms. The number of methoxy groups -OCH3 is 1. The maximum atomic E-state index is 11.4. The van der Waals surface area contributed by atoms with E-state index >= 15 is 0 Å². The molecule has 0 aliphatic rings. The maximum absolute atomic E-state index is 11.4. The molecule has 2 heterocycles. The zero-order chi connectivity index (χ0) is 11.0. The standard InChI is InChI=1S/C10H9ClN2O2/c1-6-5-7(11)8-3-4-9(10(14)15-2)13(8)12-6/h3-5H,1-2H3. The highest BCUT2D eigenvalue weighted by atomic mass is 35.5. The van der Waals surface area contributed by atoms with Gasteiger partial charge in [0.05, 0.1) is 23.3 Å². The lowest BCUT2D eigenvalue weighted by molar-refractivity contribution is 0.0591. The van der Waals surface area contributed by atoms with E-state index in [2.05, 4.69) is 9.84 Å². The number of aryl methyl sites for hydroxylation is 1. The molecule has 0 bridgehead atoms. The summed E-state index contributed by atoms with van der Waals surface area (Å²) in [7, 11) is 1.33. The van der Waals surface area contributed by atoms with Gasteiger partial charge in [-0.1, -0.05) is 11.6 Å². The first-order chi connectivity index (χ1) is 7.13. The second-order valence-corrected chi connectivity index (χ2v) is 3.55. The smallest absolute Gasteiger partial charge is 0.356 e. The Labute approximate surface area is 91.4 Å². The number of aromatic nitrogens is 2. The number of halogens is 1. The van der Waals surface area contributed by atoms with Gasteiger partial charge in [-0.25, -0.2) is 9.31 Å². The average molecular weight is 225 g/mol. The molecule has 15 heavy (non-hydrogen) atoms. The molecular weight excluding hydrogens is 216 g/mol. The summed E-state index contributed by atoms with van der Waals surface area (Å²) in [5.41, 5.74) is 1.81. The van der Waals surface area contributed by atoms with Gasteiger partial charge in [0.1, 0.15) is 0 Å². The lowest BCUT2D eigenvalue weighted by atomic mass is 10.4. The van der Waals surface area contributed by atoms with Gasteiger partial charge in [-0.05, 0) is 25.1 Å². The van der Waals surface area contributed by atoms with Gasteiger partial charge < -0.3 is 4.74 Å². The summed E-state index contributed by atoms with van der Waals surface area (Å²) in [5, 5.41) is 4.76. The fraction of sp³-hybridized carbons (Fsp3) is 0.200. The lowest BCUT2D eigenvalue weighted by Gasteiger charge is -2.02. The summed E-state index contributed by atoms with van der Waals surface area (Å²) >= 11 is 6.01. The lowest BCUT2D eigenvalue weighted by Crippen LogP contribution is -2.08. The molecule has 0 aliphatic heterocycles. The molecule has 0 aromatic carbocycles. The Balaban J connectivity index is 2.74. The average Bonchev–Trinajstić information content (AvgIpc) is 2.60. The predicted octanol–water partition coefficient (Wildman–Crippen LogP) is 2.08. The van der Waals surface area contributed by atoms with E-state index in [4.69, 9.17) is 11.6 Å². The molecular formula is C10H9ClN2O2. The fourth-order valence-electron chi connectivity index (χ4n) is 1.42. The number of esters is 1. The molecule has 0 N–H and O–H groups in total. The van der Waals surface area contributed by atoms with Crippen LogP contribution in [0.5, 0.6) is 0 Å². The second kappa shape index (κ2) is 3.55. The highest BCUT2D eigenvalue weighted by Crippen LogP contribution is 2.20. The van der Waals surface area contributed by atoms with E-state index in [-0.39, 0.29) is 0 Å². The summed E-state index contributed by atoms with van der Waals surface area (Å²) in [4.78, 5) is 11.4. The monoisotopic (exact) mass is 224 g/mol. The van der Waals surface area contributed by atoms with Gasteiger partial charge in [0, 0.05) is 0 Å². The zero-order valence-corrected chi connectivity index (χ0v) is 9.08. The molecule has 2 rings (SSSR count). The van der Waals surface area contributed by atoms with Crippen LogP contribution in [0.3, 0.4) is 0 Å². The Bertz CT molecular complexity index is 533. The summed E-state index contributed by atoms with van der Waals surface area (Å²) < 4.78 is 6.13. The molecule has 78 valence electrons. The Hall–Kier alpha value is -1.55. The van der Waals surface area contributed by atoms with Crippen LogP contribution in [0.1, 0.15) is 16.2 Å². The van der Waals surface area contributed by atoms with Crippen molar-refractivity contribution in [3.05, 3.63) is 34.6 Å². The molecule has 0 radical (unpaired) electrons. The minimum absolute atomic E-state index is 0.373. The summed E-state index contributed by atoms with van der Waals surface area (Å²) in [6, 6.07) is 5.12. The summed E-state index contributed by atoms with van der Waals surface area (Å²) in [6.07, 6.45) is 0. The Morgan fingerprint density at radius 3 is 2.93 bits per heavy atom. The van der Waals surface area contributed by atoms with Gasteiger partial charge in [-0.3, -0.25) is 0 Å². The third kappa shape index (κ3) is 1.57. The van der Waals surface area contributed by atoms with Crippen LogP contribution in [0.2, 0.25) is 5.02 Å². The SMILES string of the molecule is COC(=O)c1ccc2c(Cl)cc(C)nn12. The number of carbonyl (C=O) groups is 1. The van der Waals surface area contributed by atoms with Crippen LogP contribution in [-0.2, 0) is 4.74 Å². The van der Waals surface area contributed by atoms with Crippen molar-refractivity contribution < 1.29 is 9.53 Å². The van der Waals surface area contributed by atoms with Crippen LogP contribution >= 0.6 is 11.6 Å². The van der Waals surface area contributed by atoms with E-state index < -0.39 is 5.97 Å². The van der Waals surface area contributed by atoms with E-state index in [0.29, 0.717) is 16.2 Å². The number of hydrogen-bond acceptors (Lipinski definition) is 3. The van der Waals surface area contributed by atoms with E-state index in [1.165, 1.54) is 11.6 Å². The minimum atomic E-state index is -0.427. The van der Waals surface area contributed by atoms with Crippen LogP contribution in [-0.4, -0.2) is 22.7 Å². The molecule has 0 unspecified atom stereocenters. The fourth-order valence-corrected chi connectivity index (χ4v) is 1.72. The highest BCUT2D eigenvalue weighted by Gasteiger charge is 2.13. The summed E-state index contributed by atoms with van der Waals surface area (Å²) in [6.45, 7) is 1.81. The van der Waals surface area contributed by atoms with Gasteiger partial charge in [-0.2, -0.15) is 5.10 Å². The van der Waals surface area contributed by atoms with Crippen molar-refractivity contribution in [2.75, 3.05) is 7.11 Å². The number of rotatable bonds is 1. The Morgan fingerprint density at radius 1 is 1.53 bits per heavy atom. The normalized spacial score (nSPS) is 10.6. The van der Waals surface area contributed by atoms with Crippen molar-refractivity contribution in [2.24, 2.45) is 0 Å². The van der Waals surface area contributed by atoms with Gasteiger partial charge in [0.2, 0.25) is 0 Å². The Morgan fingerprint density at radius 2 is 2.27 bits per heavy atom. The number of hydrogen-bond donors (Lipinski definition) is 0. The quantitative estimate of drug-likeness (QED) is 0.697. The van der Waals surface area contributed by atoms with E-state index in [0.717, 1.165) is 5.69 Å². The molecule has 0 amide bonds. The molecule has 0 saturated carbocycles. The summed E-state index contributed by atoms with van der Waals surface area (Å²) in [5.74, 6) is -0.427. The van der Waals surface area contributed by atoms with E-state index in [1.54, 1.807) is 18.2 Å². The number of fused-ring (bicyclic) bond motifs is 1. The van der Waals surface area contributed by atoms with Crippen molar-refractivity contribution in [2.45, 2.75) is 6.92 Å². The third-order valence-corrected chi connectivity index (χ3v) is 2.39. The number of nitrogens with zero attached hydrogens (tertiary/aromatic N) is 2. The molecule has 5 heteroatoms. The molecule has 2 aromatic rings. The van der Waals surface area contributed by atoms with Gasteiger partial charge in [0.25, 0.3) is 0 Å². The van der Waals surface area contributed by atoms with E-state index in [9.17, 15) is 4.79 Å². The first-order valence-electron chi connectivity index (χ1n) is 4.36. The first-order valence-corrected chi connectivity index (χ1v) is 4.74. The van der Waals surface area contributed by atoms with Crippen molar-refractivity contribution >= 4 is 23.1 Å².